The fraction of sp³-hybridized carbons (Fsp3) is 0.438. The number of piperidine rings is 1. The third-order valence-corrected chi connectivity index (χ3v) is 4.30. The van der Waals surface area contributed by atoms with Crippen LogP contribution in [0.2, 0.25) is 5.02 Å². The number of nitrogens with two attached hydrogens (primary N) is 1. The fourth-order valence-electron chi connectivity index (χ4n) is 2.76. The minimum absolute atomic E-state index is 0.320. The molecule has 2 N–H and O–H groups in total. The van der Waals surface area contributed by atoms with Gasteiger partial charge in [0.15, 0.2) is 0 Å². The third-order valence-electron chi connectivity index (χ3n) is 4.06. The number of aromatic nitrogens is 1. The average molecular weight is 306 g/mol. The zero-order chi connectivity index (χ0) is 14.8. The lowest BCUT2D eigenvalue weighted by molar-refractivity contribution is 0.156. The van der Waals surface area contributed by atoms with Crippen molar-refractivity contribution in [2.24, 2.45) is 11.7 Å². The minimum Gasteiger partial charge on any atom is -0.444 e. The highest BCUT2D eigenvalue weighted by molar-refractivity contribution is 6.30. The summed E-state index contributed by atoms with van der Waals surface area (Å²) in [6.45, 7) is 5.05. The molecule has 2 heterocycles. The molecule has 112 valence electrons. The Bertz CT molecular complexity index is 613. The summed E-state index contributed by atoms with van der Waals surface area (Å²) in [6.07, 6.45) is 2.77. The Morgan fingerprint density at radius 3 is 3.10 bits per heavy atom. The second kappa shape index (κ2) is 6.18. The number of oxazole rings is 1. The molecule has 1 aliphatic heterocycles. The normalized spacial score (nSPS) is 23.4. The Morgan fingerprint density at radius 1 is 1.48 bits per heavy atom. The van der Waals surface area contributed by atoms with Gasteiger partial charge in [-0.25, -0.2) is 4.98 Å². The van der Waals surface area contributed by atoms with Crippen LogP contribution in [-0.4, -0.2) is 29.0 Å². The summed E-state index contributed by atoms with van der Waals surface area (Å²) in [5.74, 6) is 1.15. The van der Waals surface area contributed by atoms with Crippen LogP contribution in [0.1, 0.15) is 19.0 Å². The van der Waals surface area contributed by atoms with E-state index >= 15 is 0 Å². The zero-order valence-corrected chi connectivity index (χ0v) is 12.9. The SMILES string of the molecule is CC1CN(Cc2coc(-c3cccc(Cl)c3)n2)CCC1N. The van der Waals surface area contributed by atoms with E-state index in [-0.39, 0.29) is 0 Å². The Balaban J connectivity index is 1.68. The van der Waals surface area contributed by atoms with Crippen LogP contribution < -0.4 is 5.73 Å². The lowest BCUT2D eigenvalue weighted by Gasteiger charge is -2.34. The van der Waals surface area contributed by atoms with Crippen molar-refractivity contribution in [2.75, 3.05) is 13.1 Å². The van der Waals surface area contributed by atoms with E-state index in [1.165, 1.54) is 0 Å². The van der Waals surface area contributed by atoms with Crippen molar-refractivity contribution in [3.05, 3.63) is 41.2 Å². The predicted molar refractivity (Wildman–Crippen MR) is 84.0 cm³/mol. The molecule has 1 aromatic carbocycles. The molecule has 0 spiro atoms. The van der Waals surface area contributed by atoms with Crippen LogP contribution in [0.4, 0.5) is 0 Å². The van der Waals surface area contributed by atoms with Crippen LogP contribution in [0.15, 0.2) is 34.9 Å². The van der Waals surface area contributed by atoms with E-state index in [1.54, 1.807) is 6.26 Å². The van der Waals surface area contributed by atoms with Crippen LogP contribution in [0.3, 0.4) is 0 Å². The average Bonchev–Trinajstić information content (AvgIpc) is 2.91. The molecule has 1 saturated heterocycles. The first kappa shape index (κ1) is 14.6. The molecule has 5 heteroatoms. The van der Waals surface area contributed by atoms with Gasteiger partial charge in [-0.2, -0.15) is 0 Å². The van der Waals surface area contributed by atoms with Gasteiger partial charge in [0.1, 0.15) is 6.26 Å². The maximum absolute atomic E-state index is 6.05. The maximum atomic E-state index is 6.05. The fourth-order valence-corrected chi connectivity index (χ4v) is 2.95. The van der Waals surface area contributed by atoms with Gasteiger partial charge in [-0.1, -0.05) is 24.6 Å². The van der Waals surface area contributed by atoms with Gasteiger partial charge in [0, 0.05) is 36.3 Å². The molecule has 1 fully saturated rings. The van der Waals surface area contributed by atoms with E-state index in [2.05, 4.69) is 16.8 Å². The Hall–Kier alpha value is -1.36. The smallest absolute Gasteiger partial charge is 0.226 e. The summed E-state index contributed by atoms with van der Waals surface area (Å²) in [7, 11) is 0. The van der Waals surface area contributed by atoms with Crippen molar-refractivity contribution in [1.29, 1.82) is 0 Å². The maximum Gasteiger partial charge on any atom is 0.226 e. The number of halogens is 1. The third kappa shape index (κ3) is 3.46. The lowest BCUT2D eigenvalue weighted by atomic mass is 9.95. The molecule has 2 unspecified atom stereocenters. The second-order valence-corrected chi connectivity index (χ2v) is 6.26. The van der Waals surface area contributed by atoms with E-state index < -0.39 is 0 Å². The molecule has 4 nitrogen and oxygen atoms in total. The summed E-state index contributed by atoms with van der Waals surface area (Å²) >= 11 is 6.00. The molecule has 0 bridgehead atoms. The van der Waals surface area contributed by atoms with Crippen molar-refractivity contribution in [3.8, 4) is 11.5 Å². The molecule has 2 atom stereocenters. The highest BCUT2D eigenvalue weighted by Gasteiger charge is 2.23. The van der Waals surface area contributed by atoms with Gasteiger partial charge in [-0.15, -0.1) is 0 Å². The first-order valence-electron chi connectivity index (χ1n) is 7.30. The summed E-state index contributed by atoms with van der Waals surface area (Å²) in [5, 5.41) is 0.686. The molecule has 0 saturated carbocycles. The summed E-state index contributed by atoms with van der Waals surface area (Å²) in [5.41, 5.74) is 7.91. The Kier molecular flexibility index (Phi) is 4.29. The quantitative estimate of drug-likeness (QED) is 0.946. The van der Waals surface area contributed by atoms with E-state index in [0.717, 1.165) is 37.3 Å². The van der Waals surface area contributed by atoms with Crippen molar-refractivity contribution >= 4 is 11.6 Å². The van der Waals surface area contributed by atoms with E-state index in [1.807, 2.05) is 24.3 Å². The number of hydrogen-bond donors (Lipinski definition) is 1. The van der Waals surface area contributed by atoms with Crippen molar-refractivity contribution in [2.45, 2.75) is 25.9 Å². The van der Waals surface area contributed by atoms with Crippen LogP contribution in [0, 0.1) is 5.92 Å². The van der Waals surface area contributed by atoms with Crippen molar-refractivity contribution in [1.82, 2.24) is 9.88 Å². The van der Waals surface area contributed by atoms with Gasteiger partial charge in [-0.3, -0.25) is 4.90 Å². The van der Waals surface area contributed by atoms with Crippen molar-refractivity contribution in [3.63, 3.8) is 0 Å². The van der Waals surface area contributed by atoms with Crippen molar-refractivity contribution < 1.29 is 4.42 Å². The highest BCUT2D eigenvalue weighted by atomic mass is 35.5. The van der Waals surface area contributed by atoms with Crippen LogP contribution >= 0.6 is 11.6 Å². The molecular weight excluding hydrogens is 286 g/mol. The molecule has 21 heavy (non-hydrogen) atoms. The summed E-state index contributed by atoms with van der Waals surface area (Å²) in [6, 6.07) is 7.87. The standard InChI is InChI=1S/C16H20ClN3O/c1-11-8-20(6-5-15(11)18)9-14-10-21-16(19-14)12-3-2-4-13(17)7-12/h2-4,7,10-11,15H,5-6,8-9,18H2,1H3. The van der Waals surface area contributed by atoms with Gasteiger partial charge >= 0.3 is 0 Å². The van der Waals surface area contributed by atoms with Crippen LogP contribution in [0.25, 0.3) is 11.5 Å². The molecule has 0 aliphatic carbocycles. The van der Waals surface area contributed by atoms with Gasteiger partial charge in [0.2, 0.25) is 5.89 Å². The van der Waals surface area contributed by atoms with Gasteiger partial charge in [0.05, 0.1) is 5.69 Å². The molecule has 0 amide bonds. The highest BCUT2D eigenvalue weighted by Crippen LogP contribution is 2.23. The largest absolute Gasteiger partial charge is 0.444 e. The topological polar surface area (TPSA) is 55.3 Å². The van der Waals surface area contributed by atoms with Crippen LogP contribution in [0.5, 0.6) is 0 Å². The summed E-state index contributed by atoms with van der Waals surface area (Å²) in [4.78, 5) is 6.94. The van der Waals surface area contributed by atoms with E-state index in [0.29, 0.717) is 22.9 Å². The predicted octanol–water partition coefficient (Wildman–Crippen LogP) is 3.16. The second-order valence-electron chi connectivity index (χ2n) is 5.82. The van der Waals surface area contributed by atoms with Gasteiger partial charge < -0.3 is 10.2 Å². The number of rotatable bonds is 3. The Labute approximate surface area is 129 Å². The van der Waals surface area contributed by atoms with E-state index in [9.17, 15) is 0 Å². The molecule has 1 aliphatic rings. The number of nitrogens with zero attached hydrogens (tertiary/aromatic N) is 2. The molecule has 1 aromatic heterocycles. The first-order chi connectivity index (χ1) is 10.1. The summed E-state index contributed by atoms with van der Waals surface area (Å²) < 4.78 is 5.57. The van der Waals surface area contributed by atoms with Crippen LogP contribution in [-0.2, 0) is 6.54 Å². The number of hydrogen-bond acceptors (Lipinski definition) is 4. The molecule has 3 rings (SSSR count). The zero-order valence-electron chi connectivity index (χ0n) is 12.1. The molecule has 2 aromatic rings. The van der Waals surface area contributed by atoms with Gasteiger partial charge in [-0.05, 0) is 30.5 Å². The number of benzene rings is 1. The minimum atomic E-state index is 0.320. The monoisotopic (exact) mass is 305 g/mol. The lowest BCUT2D eigenvalue weighted by Crippen LogP contribution is -2.45. The van der Waals surface area contributed by atoms with Gasteiger partial charge in [0.25, 0.3) is 0 Å². The molecular formula is C16H20ClN3O. The Morgan fingerprint density at radius 2 is 2.33 bits per heavy atom. The number of likely N-dealkylation sites (tertiary alicyclic amines) is 1. The van der Waals surface area contributed by atoms with E-state index in [4.69, 9.17) is 21.8 Å². The first-order valence-corrected chi connectivity index (χ1v) is 7.68. The molecule has 0 radical (unpaired) electrons.